The van der Waals surface area contributed by atoms with Crippen LogP contribution in [0.15, 0.2) is 41.8 Å². The lowest BCUT2D eigenvalue weighted by Gasteiger charge is -2.16. The molecule has 1 aromatic heterocycles. The molecule has 0 aliphatic carbocycles. The molecular weight excluding hydrogens is 303 g/mol. The molecule has 6 heteroatoms. The van der Waals surface area contributed by atoms with Gasteiger partial charge in [-0.05, 0) is 36.1 Å². The summed E-state index contributed by atoms with van der Waals surface area (Å²) in [5.74, 6) is -0.357. The van der Waals surface area contributed by atoms with E-state index in [2.05, 4.69) is 10.6 Å². The Bertz CT molecular complexity index is 587. The number of nitrogens with one attached hydrogen (secondary N) is 2. The number of aliphatic hydroxyl groups excluding tert-OH is 1. The molecule has 0 bridgehead atoms. The Kier molecular flexibility index (Phi) is 5.91. The van der Waals surface area contributed by atoms with Crippen molar-refractivity contribution in [3.05, 3.63) is 58.0 Å². The molecule has 0 aliphatic heterocycles. The van der Waals surface area contributed by atoms with Crippen LogP contribution < -0.4 is 10.6 Å². The lowest BCUT2D eigenvalue weighted by Crippen LogP contribution is -2.42. The Balaban J connectivity index is 1.73. The minimum atomic E-state index is -0.862. The van der Waals surface area contributed by atoms with Gasteiger partial charge >= 0.3 is 6.03 Å². The van der Waals surface area contributed by atoms with Crippen LogP contribution in [0.5, 0.6) is 0 Å². The van der Waals surface area contributed by atoms with Crippen molar-refractivity contribution in [2.75, 3.05) is 6.54 Å². The van der Waals surface area contributed by atoms with Gasteiger partial charge in [-0.3, -0.25) is 0 Å². The van der Waals surface area contributed by atoms with Crippen molar-refractivity contribution >= 4 is 17.4 Å². The van der Waals surface area contributed by atoms with Crippen molar-refractivity contribution < 1.29 is 14.3 Å². The fraction of sp³-hybridized carbons (Fsp3) is 0.312. The predicted molar refractivity (Wildman–Crippen MR) is 85.4 cm³/mol. The molecule has 1 heterocycles. The summed E-state index contributed by atoms with van der Waals surface area (Å²) in [6.45, 7) is 2.00. The Morgan fingerprint density at radius 1 is 1.32 bits per heavy atom. The SMILES string of the molecule is CC(Cc1cccs1)NC(=O)NCC(O)c1ccc(F)cc1. The lowest BCUT2D eigenvalue weighted by molar-refractivity contribution is 0.172. The van der Waals surface area contributed by atoms with E-state index in [1.54, 1.807) is 11.3 Å². The van der Waals surface area contributed by atoms with Gasteiger partial charge in [-0.15, -0.1) is 11.3 Å². The summed E-state index contributed by atoms with van der Waals surface area (Å²) in [5, 5.41) is 17.4. The van der Waals surface area contributed by atoms with Gasteiger partial charge in [0.2, 0.25) is 0 Å². The first-order valence-electron chi connectivity index (χ1n) is 7.05. The summed E-state index contributed by atoms with van der Waals surface area (Å²) < 4.78 is 12.8. The van der Waals surface area contributed by atoms with Gasteiger partial charge < -0.3 is 15.7 Å². The number of urea groups is 1. The molecule has 3 N–H and O–H groups in total. The lowest BCUT2D eigenvalue weighted by atomic mass is 10.1. The molecule has 4 nitrogen and oxygen atoms in total. The van der Waals surface area contributed by atoms with Crippen molar-refractivity contribution in [2.24, 2.45) is 0 Å². The van der Waals surface area contributed by atoms with Gasteiger partial charge in [0.15, 0.2) is 0 Å². The normalized spacial score (nSPS) is 13.4. The van der Waals surface area contributed by atoms with Gasteiger partial charge in [0.05, 0.1) is 6.10 Å². The second kappa shape index (κ2) is 7.91. The maximum atomic E-state index is 12.8. The second-order valence-electron chi connectivity index (χ2n) is 5.11. The van der Waals surface area contributed by atoms with Crippen LogP contribution in [-0.4, -0.2) is 23.7 Å². The van der Waals surface area contributed by atoms with E-state index in [0.29, 0.717) is 5.56 Å². The number of hydrogen-bond donors (Lipinski definition) is 3. The number of amides is 2. The van der Waals surface area contributed by atoms with Crippen LogP contribution in [-0.2, 0) is 6.42 Å². The summed E-state index contributed by atoms with van der Waals surface area (Å²) in [6.07, 6.45) is -0.0926. The molecule has 2 amide bonds. The maximum Gasteiger partial charge on any atom is 0.315 e. The van der Waals surface area contributed by atoms with Crippen LogP contribution in [0.4, 0.5) is 9.18 Å². The molecule has 118 valence electrons. The molecule has 0 radical (unpaired) electrons. The fourth-order valence-corrected chi connectivity index (χ4v) is 2.88. The van der Waals surface area contributed by atoms with E-state index >= 15 is 0 Å². The second-order valence-corrected chi connectivity index (χ2v) is 6.14. The Morgan fingerprint density at radius 2 is 2.05 bits per heavy atom. The van der Waals surface area contributed by atoms with Gasteiger partial charge in [0, 0.05) is 23.9 Å². The number of halogens is 1. The van der Waals surface area contributed by atoms with Crippen LogP contribution in [0.2, 0.25) is 0 Å². The molecule has 1 aromatic carbocycles. The molecule has 2 unspecified atom stereocenters. The van der Waals surface area contributed by atoms with E-state index < -0.39 is 6.10 Å². The number of benzene rings is 1. The molecule has 2 rings (SSSR count). The highest BCUT2D eigenvalue weighted by molar-refractivity contribution is 7.09. The Morgan fingerprint density at radius 3 is 2.68 bits per heavy atom. The minimum absolute atomic E-state index is 0.00149. The monoisotopic (exact) mass is 322 g/mol. The van der Waals surface area contributed by atoms with E-state index in [1.165, 1.54) is 29.1 Å². The largest absolute Gasteiger partial charge is 0.387 e. The highest BCUT2D eigenvalue weighted by Gasteiger charge is 2.12. The highest BCUT2D eigenvalue weighted by atomic mass is 32.1. The summed E-state index contributed by atoms with van der Waals surface area (Å²) in [7, 11) is 0. The van der Waals surface area contributed by atoms with Crippen molar-refractivity contribution in [1.82, 2.24) is 10.6 Å². The van der Waals surface area contributed by atoms with Crippen molar-refractivity contribution in [2.45, 2.75) is 25.5 Å². The van der Waals surface area contributed by atoms with Crippen LogP contribution in [0.25, 0.3) is 0 Å². The topological polar surface area (TPSA) is 61.4 Å². The zero-order valence-corrected chi connectivity index (χ0v) is 13.1. The van der Waals surface area contributed by atoms with Gasteiger partial charge in [0.1, 0.15) is 5.82 Å². The van der Waals surface area contributed by atoms with Crippen LogP contribution in [0.3, 0.4) is 0 Å². The maximum absolute atomic E-state index is 12.8. The average Bonchev–Trinajstić information content (AvgIpc) is 2.98. The van der Waals surface area contributed by atoms with Gasteiger partial charge in [0.25, 0.3) is 0 Å². The fourth-order valence-electron chi connectivity index (χ4n) is 2.05. The number of aliphatic hydroxyl groups is 1. The van der Waals surface area contributed by atoms with Crippen LogP contribution in [0.1, 0.15) is 23.5 Å². The smallest absolute Gasteiger partial charge is 0.315 e. The quantitative estimate of drug-likeness (QED) is 0.766. The minimum Gasteiger partial charge on any atom is -0.387 e. The molecule has 2 aromatic rings. The number of hydrogen-bond acceptors (Lipinski definition) is 3. The summed E-state index contributed by atoms with van der Waals surface area (Å²) >= 11 is 1.65. The molecule has 22 heavy (non-hydrogen) atoms. The first-order valence-corrected chi connectivity index (χ1v) is 7.93. The van der Waals surface area contributed by atoms with E-state index in [1.807, 2.05) is 24.4 Å². The standard InChI is InChI=1S/C16H19FN2O2S/c1-11(9-14-3-2-8-22-14)19-16(21)18-10-15(20)12-4-6-13(17)7-5-12/h2-8,11,15,20H,9-10H2,1H3,(H2,18,19,21). The first-order chi connectivity index (χ1) is 10.5. The highest BCUT2D eigenvalue weighted by Crippen LogP contribution is 2.13. The number of carbonyl (C=O) groups is 1. The summed E-state index contributed by atoms with van der Waals surface area (Å²) in [6, 6.07) is 9.23. The Hall–Kier alpha value is -1.92. The third-order valence-corrected chi connectivity index (χ3v) is 4.07. The Labute approximate surface area is 133 Å². The van der Waals surface area contributed by atoms with Crippen LogP contribution >= 0.6 is 11.3 Å². The number of carbonyl (C=O) groups excluding carboxylic acids is 1. The van der Waals surface area contributed by atoms with Gasteiger partial charge in [-0.1, -0.05) is 18.2 Å². The first kappa shape index (κ1) is 16.5. The molecule has 0 aliphatic rings. The van der Waals surface area contributed by atoms with Crippen molar-refractivity contribution in [3.63, 3.8) is 0 Å². The van der Waals surface area contributed by atoms with E-state index in [0.717, 1.165) is 6.42 Å². The number of thiophene rings is 1. The predicted octanol–water partition coefficient (Wildman–Crippen LogP) is 2.85. The average molecular weight is 322 g/mol. The van der Waals surface area contributed by atoms with E-state index in [-0.39, 0.29) is 24.4 Å². The van der Waals surface area contributed by atoms with Gasteiger partial charge in [-0.2, -0.15) is 0 Å². The number of rotatable bonds is 6. The van der Waals surface area contributed by atoms with E-state index in [4.69, 9.17) is 0 Å². The van der Waals surface area contributed by atoms with Crippen molar-refractivity contribution in [1.29, 1.82) is 0 Å². The molecule has 0 saturated heterocycles. The zero-order chi connectivity index (χ0) is 15.9. The van der Waals surface area contributed by atoms with E-state index in [9.17, 15) is 14.3 Å². The molecule has 2 atom stereocenters. The third kappa shape index (κ3) is 5.13. The summed E-state index contributed by atoms with van der Waals surface area (Å²) in [4.78, 5) is 13.0. The molecule has 0 spiro atoms. The summed E-state index contributed by atoms with van der Waals surface area (Å²) in [5.41, 5.74) is 0.563. The van der Waals surface area contributed by atoms with Crippen molar-refractivity contribution in [3.8, 4) is 0 Å². The molecule has 0 fully saturated rings. The third-order valence-electron chi connectivity index (χ3n) is 3.18. The zero-order valence-electron chi connectivity index (χ0n) is 12.3. The van der Waals surface area contributed by atoms with Gasteiger partial charge in [-0.25, -0.2) is 9.18 Å². The molecule has 0 saturated carbocycles. The van der Waals surface area contributed by atoms with Crippen LogP contribution in [0, 0.1) is 5.82 Å². The molecular formula is C16H19FN2O2S.